The molecule has 1 heterocycles. The van der Waals surface area contributed by atoms with Gasteiger partial charge in [0.05, 0.1) is 27.4 Å². The summed E-state index contributed by atoms with van der Waals surface area (Å²) in [5, 5.41) is 0. The molecular weight excluding hydrogens is 226 g/mol. The summed E-state index contributed by atoms with van der Waals surface area (Å²) in [6, 6.07) is 11.8. The van der Waals surface area contributed by atoms with E-state index in [0.29, 0.717) is 0 Å². The third kappa shape index (κ3) is 3.64. The first-order valence-corrected chi connectivity index (χ1v) is 6.12. The monoisotopic (exact) mass is 246 g/mol. The zero-order valence-electron chi connectivity index (χ0n) is 11.2. The lowest BCUT2D eigenvalue weighted by molar-refractivity contribution is -0.870. The second-order valence-corrected chi connectivity index (χ2v) is 5.36. The van der Waals surface area contributed by atoms with Gasteiger partial charge >= 0.3 is 0 Å². The van der Waals surface area contributed by atoms with Crippen molar-refractivity contribution >= 4 is 0 Å². The highest BCUT2D eigenvalue weighted by molar-refractivity contribution is 5.58. The smallest absolute Gasteiger partial charge is 0.137 e. The molecular formula is C15H20NO2+. The summed E-state index contributed by atoms with van der Waals surface area (Å²) in [4.78, 5) is 0. The fourth-order valence-corrected chi connectivity index (χ4v) is 1.60. The fourth-order valence-electron chi connectivity index (χ4n) is 1.60. The molecule has 3 nitrogen and oxygen atoms in total. The van der Waals surface area contributed by atoms with Gasteiger partial charge in [-0.2, -0.15) is 0 Å². The van der Waals surface area contributed by atoms with Crippen LogP contribution in [0.1, 0.15) is 0 Å². The lowest BCUT2D eigenvalue weighted by Crippen LogP contribution is -2.38. The van der Waals surface area contributed by atoms with Gasteiger partial charge < -0.3 is 13.6 Å². The Balaban J connectivity index is 1.92. The number of likely N-dealkylation sites (N-methyl/N-ethyl adjacent to an activating group) is 1. The summed E-state index contributed by atoms with van der Waals surface area (Å²) in [6.45, 7) is 1.71. The zero-order valence-corrected chi connectivity index (χ0v) is 11.2. The second-order valence-electron chi connectivity index (χ2n) is 5.36. The number of benzene rings is 1. The van der Waals surface area contributed by atoms with Crippen molar-refractivity contribution < 1.29 is 13.6 Å². The van der Waals surface area contributed by atoms with Gasteiger partial charge in [0.25, 0.3) is 0 Å². The van der Waals surface area contributed by atoms with Gasteiger partial charge in [-0.3, -0.25) is 0 Å². The van der Waals surface area contributed by atoms with Crippen LogP contribution in [0.3, 0.4) is 0 Å². The highest BCUT2D eigenvalue weighted by atomic mass is 16.5. The first kappa shape index (κ1) is 12.7. The number of furan rings is 1. The number of hydrogen-bond donors (Lipinski definition) is 0. The third-order valence-corrected chi connectivity index (χ3v) is 2.69. The minimum absolute atomic E-state index is 0.726. The van der Waals surface area contributed by atoms with Gasteiger partial charge in [0.2, 0.25) is 0 Å². The van der Waals surface area contributed by atoms with E-state index in [9.17, 15) is 0 Å². The molecule has 0 aliphatic heterocycles. The molecule has 1 aromatic heterocycles. The molecule has 0 spiro atoms. The van der Waals surface area contributed by atoms with Crippen molar-refractivity contribution in [1.29, 1.82) is 0 Å². The molecule has 0 aliphatic carbocycles. The van der Waals surface area contributed by atoms with E-state index in [4.69, 9.17) is 9.15 Å². The molecule has 0 aliphatic rings. The quantitative estimate of drug-likeness (QED) is 0.757. The number of ether oxygens (including phenoxy) is 1. The fraction of sp³-hybridized carbons (Fsp3) is 0.333. The van der Waals surface area contributed by atoms with Gasteiger partial charge in [0.15, 0.2) is 0 Å². The molecule has 2 aromatic rings. The summed E-state index contributed by atoms with van der Waals surface area (Å²) in [5.41, 5.74) is 1.07. The van der Waals surface area contributed by atoms with Crippen molar-refractivity contribution in [1.82, 2.24) is 0 Å². The maximum Gasteiger partial charge on any atom is 0.137 e. The molecule has 0 bridgehead atoms. The van der Waals surface area contributed by atoms with Crippen molar-refractivity contribution in [2.45, 2.75) is 0 Å². The Hall–Kier alpha value is -1.74. The summed E-state index contributed by atoms with van der Waals surface area (Å²) in [5.74, 6) is 1.78. The van der Waals surface area contributed by atoms with Crippen LogP contribution >= 0.6 is 0 Å². The number of rotatable bonds is 5. The Bertz CT molecular complexity index is 466. The molecule has 96 valence electrons. The van der Waals surface area contributed by atoms with E-state index in [2.05, 4.69) is 21.1 Å². The van der Waals surface area contributed by atoms with E-state index in [-0.39, 0.29) is 0 Å². The molecule has 0 radical (unpaired) electrons. The van der Waals surface area contributed by atoms with Gasteiger partial charge in [-0.15, -0.1) is 0 Å². The SMILES string of the molecule is C[N+](C)(C)CCOc1ccc(-c2ccco2)cc1. The predicted molar refractivity (Wildman–Crippen MR) is 72.5 cm³/mol. The zero-order chi connectivity index (χ0) is 13.0. The Morgan fingerprint density at radius 2 is 1.78 bits per heavy atom. The molecule has 3 heteroatoms. The maximum absolute atomic E-state index is 5.71. The van der Waals surface area contributed by atoms with Crippen LogP contribution in [-0.4, -0.2) is 38.8 Å². The van der Waals surface area contributed by atoms with E-state index in [0.717, 1.165) is 34.7 Å². The van der Waals surface area contributed by atoms with Crippen molar-refractivity contribution in [2.24, 2.45) is 0 Å². The average molecular weight is 246 g/mol. The van der Waals surface area contributed by atoms with Gasteiger partial charge in [-0.1, -0.05) is 0 Å². The van der Waals surface area contributed by atoms with Gasteiger partial charge in [0.1, 0.15) is 24.7 Å². The first-order chi connectivity index (χ1) is 8.54. The maximum atomic E-state index is 5.71. The van der Waals surface area contributed by atoms with Crippen molar-refractivity contribution in [3.8, 4) is 17.1 Å². The van der Waals surface area contributed by atoms with Crippen LogP contribution in [0.15, 0.2) is 47.1 Å². The Morgan fingerprint density at radius 1 is 1.06 bits per heavy atom. The highest BCUT2D eigenvalue weighted by Gasteiger charge is 2.06. The summed E-state index contributed by atoms with van der Waals surface area (Å²) >= 11 is 0. The first-order valence-electron chi connectivity index (χ1n) is 6.12. The topological polar surface area (TPSA) is 22.4 Å². The molecule has 0 amide bonds. The van der Waals surface area contributed by atoms with E-state index >= 15 is 0 Å². The van der Waals surface area contributed by atoms with Crippen LogP contribution < -0.4 is 4.74 Å². The number of nitrogens with zero attached hydrogens (tertiary/aromatic N) is 1. The summed E-state index contributed by atoms with van der Waals surface area (Å²) in [7, 11) is 6.47. The van der Waals surface area contributed by atoms with Crippen molar-refractivity contribution in [3.63, 3.8) is 0 Å². The van der Waals surface area contributed by atoms with E-state index in [1.165, 1.54) is 0 Å². The van der Waals surface area contributed by atoms with Crippen LogP contribution in [0.5, 0.6) is 5.75 Å². The molecule has 0 saturated heterocycles. The Kier molecular flexibility index (Phi) is 3.72. The molecule has 0 unspecified atom stereocenters. The summed E-state index contributed by atoms with van der Waals surface area (Å²) in [6.07, 6.45) is 1.68. The van der Waals surface area contributed by atoms with E-state index in [1.54, 1.807) is 6.26 Å². The van der Waals surface area contributed by atoms with Crippen LogP contribution in [0, 0.1) is 0 Å². The standard InChI is InChI=1S/C15H20NO2/c1-16(2,3)10-12-17-14-8-6-13(7-9-14)15-5-4-11-18-15/h4-9,11H,10,12H2,1-3H3/q+1. The molecule has 0 fully saturated rings. The van der Waals surface area contributed by atoms with E-state index in [1.807, 2.05) is 36.4 Å². The number of hydrogen-bond acceptors (Lipinski definition) is 2. The second kappa shape index (κ2) is 5.27. The lowest BCUT2D eigenvalue weighted by Gasteiger charge is -2.23. The van der Waals surface area contributed by atoms with Crippen LogP contribution in [0.4, 0.5) is 0 Å². The van der Waals surface area contributed by atoms with Crippen LogP contribution in [-0.2, 0) is 0 Å². The van der Waals surface area contributed by atoms with Crippen molar-refractivity contribution in [3.05, 3.63) is 42.7 Å². The van der Waals surface area contributed by atoms with Crippen LogP contribution in [0.25, 0.3) is 11.3 Å². The Labute approximate surface area is 108 Å². The highest BCUT2D eigenvalue weighted by Crippen LogP contribution is 2.22. The minimum atomic E-state index is 0.726. The normalized spacial score (nSPS) is 11.5. The predicted octanol–water partition coefficient (Wildman–Crippen LogP) is 3.03. The molecule has 1 aromatic carbocycles. The average Bonchev–Trinajstić information content (AvgIpc) is 2.82. The molecule has 0 atom stereocenters. The molecule has 18 heavy (non-hydrogen) atoms. The largest absolute Gasteiger partial charge is 0.488 e. The lowest BCUT2D eigenvalue weighted by atomic mass is 10.2. The van der Waals surface area contributed by atoms with Gasteiger partial charge in [-0.25, -0.2) is 0 Å². The minimum Gasteiger partial charge on any atom is -0.488 e. The summed E-state index contributed by atoms with van der Waals surface area (Å²) < 4.78 is 12.0. The molecule has 2 rings (SSSR count). The van der Waals surface area contributed by atoms with Crippen LogP contribution in [0.2, 0.25) is 0 Å². The van der Waals surface area contributed by atoms with Crippen molar-refractivity contribution in [2.75, 3.05) is 34.3 Å². The third-order valence-electron chi connectivity index (χ3n) is 2.69. The van der Waals surface area contributed by atoms with E-state index < -0.39 is 0 Å². The molecule has 0 N–H and O–H groups in total. The van der Waals surface area contributed by atoms with Gasteiger partial charge in [-0.05, 0) is 36.4 Å². The molecule has 0 saturated carbocycles. The van der Waals surface area contributed by atoms with Gasteiger partial charge in [0, 0.05) is 5.56 Å². The Morgan fingerprint density at radius 3 is 2.33 bits per heavy atom. The number of quaternary nitrogens is 1.